The van der Waals surface area contributed by atoms with E-state index in [9.17, 15) is 13.2 Å². The Morgan fingerprint density at radius 3 is 2.38 bits per heavy atom. The van der Waals surface area contributed by atoms with Gasteiger partial charge in [-0.2, -0.15) is 0 Å². The summed E-state index contributed by atoms with van der Waals surface area (Å²) < 4.78 is 32.5. The minimum atomic E-state index is -3.79. The maximum Gasteiger partial charge on any atom is 0.287 e. The van der Waals surface area contributed by atoms with Crippen molar-refractivity contribution in [3.05, 3.63) is 17.9 Å². The second kappa shape index (κ2) is 9.18. The van der Waals surface area contributed by atoms with Crippen LogP contribution in [0.15, 0.2) is 21.6 Å². The average Bonchev–Trinajstić information content (AvgIpc) is 3.14. The van der Waals surface area contributed by atoms with Crippen LogP contribution in [0.25, 0.3) is 0 Å². The van der Waals surface area contributed by atoms with Crippen molar-refractivity contribution in [2.24, 2.45) is 5.92 Å². The molecule has 1 amide bonds. The smallest absolute Gasteiger partial charge is 0.287 e. The molecule has 7 nitrogen and oxygen atoms in total. The van der Waals surface area contributed by atoms with Crippen LogP contribution >= 0.6 is 0 Å². The van der Waals surface area contributed by atoms with Gasteiger partial charge in [-0.3, -0.25) is 4.79 Å². The van der Waals surface area contributed by atoms with Gasteiger partial charge >= 0.3 is 0 Å². The monoisotopic (exact) mass is 425 g/mol. The number of nitrogens with one attached hydrogen (secondary N) is 2. The first-order valence-electron chi connectivity index (χ1n) is 10.8. The van der Waals surface area contributed by atoms with Gasteiger partial charge in [0.2, 0.25) is 5.09 Å². The first-order valence-corrected chi connectivity index (χ1v) is 12.3. The summed E-state index contributed by atoms with van der Waals surface area (Å²) in [4.78, 5) is 15.0. The number of furan rings is 1. The van der Waals surface area contributed by atoms with Crippen molar-refractivity contribution in [1.29, 1.82) is 0 Å². The van der Waals surface area contributed by atoms with Gasteiger partial charge in [-0.05, 0) is 64.5 Å². The van der Waals surface area contributed by atoms with E-state index in [0.717, 1.165) is 31.8 Å². The average molecular weight is 426 g/mol. The van der Waals surface area contributed by atoms with Gasteiger partial charge in [0, 0.05) is 31.2 Å². The maximum absolute atomic E-state index is 12.5. The number of carbonyl (C=O) groups excluding carboxylic acids is 1. The second-order valence-corrected chi connectivity index (χ2v) is 11.1. The number of likely N-dealkylation sites (tertiary alicyclic amines) is 1. The number of sulfonamides is 1. The van der Waals surface area contributed by atoms with E-state index < -0.39 is 15.6 Å². The molecule has 2 fully saturated rings. The summed E-state index contributed by atoms with van der Waals surface area (Å²) in [7, 11) is -3.79. The molecule has 0 spiro atoms. The zero-order valence-electron chi connectivity index (χ0n) is 17.9. The van der Waals surface area contributed by atoms with Gasteiger partial charge in [-0.25, -0.2) is 13.1 Å². The van der Waals surface area contributed by atoms with Gasteiger partial charge in [0.1, 0.15) is 0 Å². The van der Waals surface area contributed by atoms with Gasteiger partial charge in [0.25, 0.3) is 15.9 Å². The van der Waals surface area contributed by atoms with Gasteiger partial charge < -0.3 is 14.6 Å². The SMILES string of the molecule is CC(C)(C)NS(=O)(=O)c1ccc(C(=O)NC2CCN(CC3CCCCC3)CC2)o1. The second-order valence-electron chi connectivity index (χ2n) is 9.53. The van der Waals surface area contributed by atoms with Crippen LogP contribution in [0.2, 0.25) is 0 Å². The molecule has 1 saturated carbocycles. The molecular weight excluding hydrogens is 390 g/mol. The predicted molar refractivity (Wildman–Crippen MR) is 112 cm³/mol. The first-order chi connectivity index (χ1) is 13.6. The van der Waals surface area contributed by atoms with Crippen LogP contribution in [0, 0.1) is 5.92 Å². The molecule has 2 aliphatic rings. The van der Waals surface area contributed by atoms with Crippen LogP contribution in [-0.4, -0.2) is 50.4 Å². The molecule has 8 heteroatoms. The zero-order chi connectivity index (χ0) is 21.1. The highest BCUT2D eigenvalue weighted by Gasteiger charge is 2.28. The summed E-state index contributed by atoms with van der Waals surface area (Å²) in [5, 5.41) is 2.76. The molecule has 2 heterocycles. The largest absolute Gasteiger partial charge is 0.438 e. The normalized spacial score (nSPS) is 20.7. The summed E-state index contributed by atoms with van der Waals surface area (Å²) in [6.45, 7) is 8.43. The number of rotatable bonds is 6. The topological polar surface area (TPSA) is 91.6 Å². The molecule has 164 valence electrons. The Hall–Kier alpha value is -1.38. The number of amides is 1. The van der Waals surface area contributed by atoms with Crippen molar-refractivity contribution in [2.75, 3.05) is 19.6 Å². The van der Waals surface area contributed by atoms with Crippen LogP contribution in [0.3, 0.4) is 0 Å². The van der Waals surface area contributed by atoms with Gasteiger partial charge in [0.15, 0.2) is 5.76 Å². The molecule has 0 bridgehead atoms. The molecule has 3 rings (SSSR count). The van der Waals surface area contributed by atoms with E-state index in [-0.39, 0.29) is 22.8 Å². The van der Waals surface area contributed by atoms with Crippen molar-refractivity contribution in [3.8, 4) is 0 Å². The van der Waals surface area contributed by atoms with E-state index in [0.29, 0.717) is 0 Å². The Morgan fingerprint density at radius 2 is 1.76 bits per heavy atom. The Balaban J connectivity index is 1.48. The molecule has 0 unspecified atom stereocenters. The standard InChI is InChI=1S/C21H35N3O4S/c1-21(2,3)23-29(26,27)19-10-9-18(28-19)20(25)22-17-11-13-24(14-12-17)15-16-7-5-4-6-8-16/h9-10,16-17,23H,4-8,11-15H2,1-3H3,(H,22,25). The maximum atomic E-state index is 12.5. The molecule has 1 aliphatic heterocycles. The van der Waals surface area contributed by atoms with E-state index >= 15 is 0 Å². The zero-order valence-corrected chi connectivity index (χ0v) is 18.7. The van der Waals surface area contributed by atoms with Crippen LogP contribution in [-0.2, 0) is 10.0 Å². The summed E-state index contributed by atoms with van der Waals surface area (Å²) in [6.07, 6.45) is 8.64. The number of hydrogen-bond acceptors (Lipinski definition) is 5. The minimum Gasteiger partial charge on any atom is -0.438 e. The Kier molecular flexibility index (Phi) is 7.06. The predicted octanol–water partition coefficient (Wildman–Crippen LogP) is 3.13. The molecule has 2 N–H and O–H groups in total. The van der Waals surface area contributed by atoms with Crippen LogP contribution in [0.5, 0.6) is 0 Å². The van der Waals surface area contributed by atoms with E-state index in [1.54, 1.807) is 20.8 Å². The summed E-state index contributed by atoms with van der Waals surface area (Å²) in [5.41, 5.74) is -0.625. The van der Waals surface area contributed by atoms with Gasteiger partial charge in [-0.1, -0.05) is 19.3 Å². The summed E-state index contributed by atoms with van der Waals surface area (Å²) >= 11 is 0. The fourth-order valence-corrected chi connectivity index (χ4v) is 5.64. The fraction of sp³-hybridized carbons (Fsp3) is 0.762. The molecule has 1 aliphatic carbocycles. The van der Waals surface area contributed by atoms with Crippen molar-refractivity contribution >= 4 is 15.9 Å². The highest BCUT2D eigenvalue weighted by Crippen LogP contribution is 2.25. The third-order valence-electron chi connectivity index (χ3n) is 5.67. The molecule has 0 atom stereocenters. The first kappa shape index (κ1) is 22.3. The molecule has 1 aromatic rings. The quantitative estimate of drug-likeness (QED) is 0.731. The van der Waals surface area contributed by atoms with E-state index in [4.69, 9.17) is 4.42 Å². The molecule has 1 aromatic heterocycles. The Labute approximate surface area is 174 Å². The minimum absolute atomic E-state index is 0.0314. The molecule has 0 aromatic carbocycles. The molecular formula is C21H35N3O4S. The number of hydrogen-bond donors (Lipinski definition) is 2. The van der Waals surface area contributed by atoms with Gasteiger partial charge in [-0.15, -0.1) is 0 Å². The van der Waals surface area contributed by atoms with Crippen molar-refractivity contribution in [3.63, 3.8) is 0 Å². The van der Waals surface area contributed by atoms with Crippen LogP contribution < -0.4 is 10.0 Å². The summed E-state index contributed by atoms with van der Waals surface area (Å²) in [5.74, 6) is 0.511. The lowest BCUT2D eigenvalue weighted by molar-refractivity contribution is 0.0869. The number of carbonyl (C=O) groups is 1. The third-order valence-corrected chi connectivity index (χ3v) is 7.30. The lowest BCUT2D eigenvalue weighted by atomic mass is 9.88. The lowest BCUT2D eigenvalue weighted by Gasteiger charge is -2.35. The summed E-state index contributed by atoms with van der Waals surface area (Å²) in [6, 6.07) is 2.85. The van der Waals surface area contributed by atoms with Crippen molar-refractivity contribution in [1.82, 2.24) is 14.9 Å². The highest BCUT2D eigenvalue weighted by atomic mass is 32.2. The molecule has 1 saturated heterocycles. The number of nitrogens with zero attached hydrogens (tertiary/aromatic N) is 1. The molecule has 29 heavy (non-hydrogen) atoms. The van der Waals surface area contributed by atoms with Crippen molar-refractivity contribution in [2.45, 2.75) is 82.4 Å². The van der Waals surface area contributed by atoms with E-state index in [1.165, 1.54) is 50.8 Å². The van der Waals surface area contributed by atoms with Crippen molar-refractivity contribution < 1.29 is 17.6 Å². The molecule has 0 radical (unpaired) electrons. The Morgan fingerprint density at radius 1 is 1.10 bits per heavy atom. The third kappa shape index (κ3) is 6.55. The van der Waals surface area contributed by atoms with Crippen LogP contribution in [0.1, 0.15) is 76.3 Å². The lowest BCUT2D eigenvalue weighted by Crippen LogP contribution is -2.45. The van der Waals surface area contributed by atoms with Crippen LogP contribution in [0.4, 0.5) is 0 Å². The fourth-order valence-electron chi connectivity index (χ4n) is 4.29. The number of piperidine rings is 1. The Bertz CT molecular complexity index is 783. The van der Waals surface area contributed by atoms with E-state index in [2.05, 4.69) is 14.9 Å². The highest BCUT2D eigenvalue weighted by molar-refractivity contribution is 7.89. The van der Waals surface area contributed by atoms with Gasteiger partial charge in [0.05, 0.1) is 0 Å². The van der Waals surface area contributed by atoms with E-state index in [1.807, 2.05) is 0 Å².